The highest BCUT2D eigenvalue weighted by Gasteiger charge is 2.31. The quantitative estimate of drug-likeness (QED) is 0.697. The minimum Gasteiger partial charge on any atom is -0.495 e. The summed E-state index contributed by atoms with van der Waals surface area (Å²) >= 11 is 0. The molecule has 0 spiro atoms. The van der Waals surface area contributed by atoms with Crippen LogP contribution < -0.4 is 10.1 Å². The smallest absolute Gasteiger partial charge is 0.253 e. The first-order valence-corrected chi connectivity index (χ1v) is 13.0. The monoisotopic (exact) mass is 465 g/mol. The molecule has 0 unspecified atom stereocenters. The summed E-state index contributed by atoms with van der Waals surface area (Å²) in [5, 5.41) is 2.93. The average molecular weight is 466 g/mol. The zero-order chi connectivity index (χ0) is 23.3. The third kappa shape index (κ3) is 5.61. The lowest BCUT2D eigenvalue weighted by molar-refractivity contribution is -0.126. The number of hydrogen-bond donors (Lipinski definition) is 1. The van der Waals surface area contributed by atoms with Crippen molar-refractivity contribution in [2.24, 2.45) is 5.92 Å². The van der Waals surface area contributed by atoms with Crippen LogP contribution in [-0.2, 0) is 14.8 Å². The van der Waals surface area contributed by atoms with Gasteiger partial charge in [-0.15, -0.1) is 0 Å². The Labute approximate surface area is 191 Å². The molecule has 9 heteroatoms. The van der Waals surface area contributed by atoms with Gasteiger partial charge < -0.3 is 15.0 Å². The topological polar surface area (TPSA) is 96.0 Å². The average Bonchev–Trinajstić information content (AvgIpc) is 3.08. The second-order valence-electron chi connectivity index (χ2n) is 8.91. The third-order valence-electron chi connectivity index (χ3n) is 6.18. The van der Waals surface area contributed by atoms with E-state index in [1.807, 2.05) is 13.8 Å². The molecule has 3 rings (SSSR count). The van der Waals surface area contributed by atoms with Gasteiger partial charge in [0.25, 0.3) is 5.91 Å². The molecular formula is C23H35N3O5S. The van der Waals surface area contributed by atoms with Crippen LogP contribution in [0.25, 0.3) is 0 Å². The van der Waals surface area contributed by atoms with Crippen molar-refractivity contribution in [1.82, 2.24) is 14.5 Å². The molecule has 0 saturated carbocycles. The SMILES string of the molecule is COc1ccc(C(=O)N2CCC(C(=O)NC(C)C)CC2)cc1S(=O)(=O)N1CCCCCC1. The van der Waals surface area contributed by atoms with E-state index >= 15 is 0 Å². The van der Waals surface area contributed by atoms with Gasteiger partial charge in [-0.25, -0.2) is 8.42 Å². The molecule has 0 aromatic heterocycles. The van der Waals surface area contributed by atoms with E-state index in [2.05, 4.69) is 5.32 Å². The maximum absolute atomic E-state index is 13.4. The number of amides is 2. The largest absolute Gasteiger partial charge is 0.495 e. The van der Waals surface area contributed by atoms with Crippen molar-refractivity contribution in [3.05, 3.63) is 23.8 Å². The Kier molecular flexibility index (Phi) is 8.16. The maximum Gasteiger partial charge on any atom is 0.253 e. The Morgan fingerprint density at radius 3 is 2.22 bits per heavy atom. The van der Waals surface area contributed by atoms with E-state index in [0.29, 0.717) is 44.6 Å². The van der Waals surface area contributed by atoms with Gasteiger partial charge in [0.1, 0.15) is 10.6 Å². The number of ether oxygens (including phenoxy) is 1. The van der Waals surface area contributed by atoms with Crippen molar-refractivity contribution in [3.8, 4) is 5.75 Å². The van der Waals surface area contributed by atoms with Crippen LogP contribution in [0.3, 0.4) is 0 Å². The fourth-order valence-corrected chi connectivity index (χ4v) is 6.06. The molecule has 2 fully saturated rings. The minimum atomic E-state index is -3.76. The standard InChI is InChI=1S/C23H35N3O5S/c1-17(2)24-22(27)18-10-14-25(15-11-18)23(28)19-8-9-20(31-3)21(16-19)32(29,30)26-12-6-4-5-7-13-26/h8-9,16-18H,4-7,10-15H2,1-3H3,(H,24,27). The summed E-state index contributed by atoms with van der Waals surface area (Å²) in [5.41, 5.74) is 0.323. The van der Waals surface area contributed by atoms with Crippen molar-refractivity contribution in [1.29, 1.82) is 0 Å². The summed E-state index contributed by atoms with van der Waals surface area (Å²) in [6.45, 7) is 5.75. The number of methoxy groups -OCH3 is 1. The molecule has 2 saturated heterocycles. The van der Waals surface area contributed by atoms with Crippen LogP contribution in [-0.4, -0.2) is 68.8 Å². The van der Waals surface area contributed by atoms with Crippen LogP contribution in [0.1, 0.15) is 62.7 Å². The van der Waals surface area contributed by atoms with E-state index in [4.69, 9.17) is 4.74 Å². The first-order valence-electron chi connectivity index (χ1n) is 11.5. The van der Waals surface area contributed by atoms with E-state index < -0.39 is 10.0 Å². The minimum absolute atomic E-state index is 0.0300. The van der Waals surface area contributed by atoms with Crippen molar-refractivity contribution in [2.45, 2.75) is 63.3 Å². The highest BCUT2D eigenvalue weighted by molar-refractivity contribution is 7.89. The second kappa shape index (κ2) is 10.7. The molecule has 2 aliphatic rings. The zero-order valence-electron chi connectivity index (χ0n) is 19.3. The summed E-state index contributed by atoms with van der Waals surface area (Å²) < 4.78 is 33.5. The fourth-order valence-electron chi connectivity index (χ4n) is 4.36. The molecule has 0 radical (unpaired) electrons. The Balaban J connectivity index is 1.76. The van der Waals surface area contributed by atoms with Crippen LogP contribution in [0.4, 0.5) is 0 Å². The van der Waals surface area contributed by atoms with Crippen LogP contribution in [0.2, 0.25) is 0 Å². The predicted octanol–water partition coefficient (Wildman–Crippen LogP) is 2.64. The number of likely N-dealkylation sites (tertiary alicyclic amines) is 1. The summed E-state index contributed by atoms with van der Waals surface area (Å²) in [5.74, 6) is -0.0452. The van der Waals surface area contributed by atoms with E-state index in [1.54, 1.807) is 17.0 Å². The molecule has 0 bridgehead atoms. The van der Waals surface area contributed by atoms with Crippen molar-refractivity contribution in [3.63, 3.8) is 0 Å². The van der Waals surface area contributed by atoms with Gasteiger partial charge in [0.05, 0.1) is 7.11 Å². The molecule has 1 aromatic carbocycles. The molecule has 0 aliphatic carbocycles. The van der Waals surface area contributed by atoms with Crippen LogP contribution in [0, 0.1) is 5.92 Å². The molecule has 2 heterocycles. The summed E-state index contributed by atoms with van der Waals surface area (Å²) in [6, 6.07) is 4.70. The lowest BCUT2D eigenvalue weighted by Gasteiger charge is -2.32. The summed E-state index contributed by atoms with van der Waals surface area (Å²) in [6.07, 6.45) is 4.90. The number of piperidine rings is 1. The van der Waals surface area contributed by atoms with E-state index in [9.17, 15) is 18.0 Å². The van der Waals surface area contributed by atoms with E-state index in [0.717, 1.165) is 25.7 Å². The van der Waals surface area contributed by atoms with Crippen LogP contribution in [0.15, 0.2) is 23.1 Å². The van der Waals surface area contributed by atoms with Gasteiger partial charge in [-0.3, -0.25) is 9.59 Å². The Morgan fingerprint density at radius 2 is 1.66 bits per heavy atom. The zero-order valence-corrected chi connectivity index (χ0v) is 20.1. The highest BCUT2D eigenvalue weighted by Crippen LogP contribution is 2.30. The molecule has 0 atom stereocenters. The number of nitrogens with zero attached hydrogens (tertiary/aromatic N) is 2. The maximum atomic E-state index is 13.4. The summed E-state index contributed by atoms with van der Waals surface area (Å²) in [4.78, 5) is 27.1. The Bertz CT molecular complexity index is 916. The fraction of sp³-hybridized carbons (Fsp3) is 0.652. The lowest BCUT2D eigenvalue weighted by Crippen LogP contribution is -2.44. The first kappa shape index (κ1) is 24.5. The number of nitrogens with one attached hydrogen (secondary N) is 1. The van der Waals surface area contributed by atoms with Gasteiger partial charge in [-0.2, -0.15) is 4.31 Å². The summed E-state index contributed by atoms with van der Waals surface area (Å²) in [7, 11) is -2.33. The van der Waals surface area contributed by atoms with Crippen LogP contribution >= 0.6 is 0 Å². The molecule has 178 valence electrons. The number of carbonyl (C=O) groups is 2. The molecule has 2 amide bonds. The van der Waals surface area contributed by atoms with E-state index in [-0.39, 0.29) is 34.4 Å². The Morgan fingerprint density at radius 1 is 1.03 bits per heavy atom. The highest BCUT2D eigenvalue weighted by atomic mass is 32.2. The molecule has 32 heavy (non-hydrogen) atoms. The van der Waals surface area contributed by atoms with Gasteiger partial charge in [-0.05, 0) is 57.7 Å². The second-order valence-corrected chi connectivity index (χ2v) is 10.8. The Hall–Kier alpha value is -2.13. The van der Waals surface area contributed by atoms with Gasteiger partial charge in [0, 0.05) is 43.7 Å². The van der Waals surface area contributed by atoms with Crippen molar-refractivity contribution >= 4 is 21.8 Å². The molecular weight excluding hydrogens is 430 g/mol. The van der Waals surface area contributed by atoms with Gasteiger partial charge in [-0.1, -0.05) is 12.8 Å². The van der Waals surface area contributed by atoms with Gasteiger partial charge in [0.2, 0.25) is 15.9 Å². The van der Waals surface area contributed by atoms with Gasteiger partial charge in [0.15, 0.2) is 0 Å². The number of carbonyl (C=O) groups excluding carboxylic acids is 2. The van der Waals surface area contributed by atoms with E-state index in [1.165, 1.54) is 17.5 Å². The van der Waals surface area contributed by atoms with Crippen molar-refractivity contribution in [2.75, 3.05) is 33.3 Å². The third-order valence-corrected chi connectivity index (χ3v) is 8.10. The predicted molar refractivity (Wildman–Crippen MR) is 122 cm³/mol. The normalized spacial score (nSPS) is 18.9. The molecule has 2 aliphatic heterocycles. The number of benzene rings is 1. The molecule has 8 nitrogen and oxygen atoms in total. The first-order chi connectivity index (χ1) is 15.2. The van der Waals surface area contributed by atoms with Crippen LogP contribution in [0.5, 0.6) is 5.75 Å². The molecule has 1 N–H and O–H groups in total. The number of rotatable bonds is 6. The number of sulfonamides is 1. The van der Waals surface area contributed by atoms with Gasteiger partial charge >= 0.3 is 0 Å². The molecule has 1 aromatic rings. The number of hydrogen-bond acceptors (Lipinski definition) is 5. The van der Waals surface area contributed by atoms with Crippen molar-refractivity contribution < 1.29 is 22.7 Å². The lowest BCUT2D eigenvalue weighted by atomic mass is 9.95.